The molecule has 0 amide bonds. The second kappa shape index (κ2) is 5.92. The number of hydrogen-bond acceptors (Lipinski definition) is 4. The number of rotatable bonds is 4. The Morgan fingerprint density at radius 1 is 1.19 bits per heavy atom. The number of para-hydroxylation sites is 1. The molecule has 1 aromatic carbocycles. The standard InChI is InChI=1S/C17H19N3S/c1-11(17-12(2)20-13(3)21-17)19-10-14-8-9-18-16-7-5-4-6-15(14)16/h4-9,11,19H,10H2,1-3H3. The van der Waals surface area contributed by atoms with E-state index in [9.17, 15) is 0 Å². The van der Waals surface area contributed by atoms with E-state index in [1.54, 1.807) is 11.3 Å². The number of pyridine rings is 1. The van der Waals surface area contributed by atoms with Crippen molar-refractivity contribution in [1.82, 2.24) is 15.3 Å². The van der Waals surface area contributed by atoms with Crippen molar-refractivity contribution in [2.45, 2.75) is 33.4 Å². The third kappa shape index (κ3) is 2.96. The predicted molar refractivity (Wildman–Crippen MR) is 88.6 cm³/mol. The molecule has 0 aliphatic heterocycles. The fraction of sp³-hybridized carbons (Fsp3) is 0.294. The van der Waals surface area contributed by atoms with Crippen molar-refractivity contribution in [3.05, 3.63) is 57.7 Å². The molecule has 0 bridgehead atoms. The molecule has 3 rings (SSSR count). The van der Waals surface area contributed by atoms with Crippen LogP contribution in [0.3, 0.4) is 0 Å². The lowest BCUT2D eigenvalue weighted by Gasteiger charge is -2.14. The lowest BCUT2D eigenvalue weighted by atomic mass is 10.1. The van der Waals surface area contributed by atoms with Crippen LogP contribution in [-0.4, -0.2) is 9.97 Å². The molecule has 0 fully saturated rings. The lowest BCUT2D eigenvalue weighted by molar-refractivity contribution is 0.581. The van der Waals surface area contributed by atoms with E-state index in [0.717, 1.165) is 22.8 Å². The number of hydrogen-bond donors (Lipinski definition) is 1. The Hall–Kier alpha value is -1.78. The van der Waals surface area contributed by atoms with Crippen LogP contribution in [0.4, 0.5) is 0 Å². The number of thiazole rings is 1. The van der Waals surface area contributed by atoms with Crippen LogP contribution in [-0.2, 0) is 6.54 Å². The molecule has 108 valence electrons. The van der Waals surface area contributed by atoms with Crippen molar-refractivity contribution in [1.29, 1.82) is 0 Å². The molecule has 1 atom stereocenters. The van der Waals surface area contributed by atoms with Gasteiger partial charge in [0.05, 0.1) is 16.2 Å². The first-order valence-electron chi connectivity index (χ1n) is 7.15. The van der Waals surface area contributed by atoms with Crippen LogP contribution in [0.5, 0.6) is 0 Å². The van der Waals surface area contributed by atoms with Gasteiger partial charge in [-0.05, 0) is 38.5 Å². The number of aryl methyl sites for hydroxylation is 2. The Morgan fingerprint density at radius 3 is 2.76 bits per heavy atom. The van der Waals surface area contributed by atoms with Gasteiger partial charge in [-0.2, -0.15) is 0 Å². The monoisotopic (exact) mass is 297 g/mol. The Bertz CT molecular complexity index is 758. The molecule has 0 saturated heterocycles. The first kappa shape index (κ1) is 14.2. The smallest absolute Gasteiger partial charge is 0.0900 e. The van der Waals surface area contributed by atoms with Gasteiger partial charge in [0, 0.05) is 29.0 Å². The van der Waals surface area contributed by atoms with E-state index in [-0.39, 0.29) is 0 Å². The minimum Gasteiger partial charge on any atom is -0.305 e. The summed E-state index contributed by atoms with van der Waals surface area (Å²) in [6.45, 7) is 7.17. The quantitative estimate of drug-likeness (QED) is 0.786. The predicted octanol–water partition coefficient (Wildman–Crippen LogP) is 4.16. The highest BCUT2D eigenvalue weighted by Crippen LogP contribution is 2.25. The average Bonchev–Trinajstić information content (AvgIpc) is 2.83. The number of fused-ring (bicyclic) bond motifs is 1. The van der Waals surface area contributed by atoms with Crippen molar-refractivity contribution in [3.63, 3.8) is 0 Å². The molecule has 0 aliphatic carbocycles. The van der Waals surface area contributed by atoms with Crippen LogP contribution in [0, 0.1) is 13.8 Å². The zero-order chi connectivity index (χ0) is 14.8. The maximum Gasteiger partial charge on any atom is 0.0900 e. The molecule has 1 N–H and O–H groups in total. The van der Waals surface area contributed by atoms with Crippen LogP contribution in [0.25, 0.3) is 10.9 Å². The van der Waals surface area contributed by atoms with Gasteiger partial charge in [0.25, 0.3) is 0 Å². The normalized spacial score (nSPS) is 12.7. The Morgan fingerprint density at radius 2 is 2.00 bits per heavy atom. The summed E-state index contributed by atoms with van der Waals surface area (Å²) in [5, 5.41) is 5.95. The maximum absolute atomic E-state index is 4.51. The van der Waals surface area contributed by atoms with Crippen LogP contribution in [0.1, 0.15) is 34.1 Å². The van der Waals surface area contributed by atoms with Crippen molar-refractivity contribution in [2.75, 3.05) is 0 Å². The van der Waals surface area contributed by atoms with Gasteiger partial charge < -0.3 is 5.32 Å². The molecule has 0 aliphatic rings. The van der Waals surface area contributed by atoms with Crippen LogP contribution in [0.2, 0.25) is 0 Å². The van der Waals surface area contributed by atoms with Gasteiger partial charge in [-0.3, -0.25) is 4.98 Å². The summed E-state index contributed by atoms with van der Waals surface area (Å²) in [6.07, 6.45) is 1.88. The SMILES string of the molecule is Cc1nc(C)c(C(C)NCc2ccnc3ccccc23)s1. The van der Waals surface area contributed by atoms with E-state index in [0.29, 0.717) is 6.04 Å². The highest BCUT2D eigenvalue weighted by Gasteiger charge is 2.12. The van der Waals surface area contributed by atoms with Gasteiger partial charge in [-0.25, -0.2) is 4.98 Å². The van der Waals surface area contributed by atoms with E-state index in [1.807, 2.05) is 12.3 Å². The summed E-state index contributed by atoms with van der Waals surface area (Å²) in [4.78, 5) is 10.2. The third-order valence-corrected chi connectivity index (χ3v) is 4.93. The molecule has 3 nitrogen and oxygen atoms in total. The molecule has 0 spiro atoms. The molecule has 0 saturated carbocycles. The highest BCUT2D eigenvalue weighted by molar-refractivity contribution is 7.11. The summed E-state index contributed by atoms with van der Waals surface area (Å²) >= 11 is 1.78. The van der Waals surface area contributed by atoms with E-state index >= 15 is 0 Å². The average molecular weight is 297 g/mol. The number of benzene rings is 1. The second-order valence-corrected chi connectivity index (χ2v) is 6.51. The third-order valence-electron chi connectivity index (χ3n) is 3.67. The largest absolute Gasteiger partial charge is 0.305 e. The summed E-state index contributed by atoms with van der Waals surface area (Å²) in [5.74, 6) is 0. The zero-order valence-corrected chi connectivity index (χ0v) is 13.4. The van der Waals surface area contributed by atoms with Crippen molar-refractivity contribution >= 4 is 22.2 Å². The van der Waals surface area contributed by atoms with Crippen molar-refractivity contribution < 1.29 is 0 Å². The summed E-state index contributed by atoms with van der Waals surface area (Å²) in [6, 6.07) is 10.7. The van der Waals surface area contributed by atoms with E-state index in [1.165, 1.54) is 15.8 Å². The fourth-order valence-electron chi connectivity index (χ4n) is 2.61. The van der Waals surface area contributed by atoms with Gasteiger partial charge in [0.15, 0.2) is 0 Å². The second-order valence-electron chi connectivity index (χ2n) is 5.27. The Balaban J connectivity index is 1.79. The first-order chi connectivity index (χ1) is 10.1. The van der Waals surface area contributed by atoms with E-state index in [4.69, 9.17) is 0 Å². The molecule has 4 heteroatoms. The topological polar surface area (TPSA) is 37.8 Å². The fourth-order valence-corrected chi connectivity index (χ4v) is 3.57. The molecule has 0 radical (unpaired) electrons. The number of nitrogens with zero attached hydrogens (tertiary/aromatic N) is 2. The van der Waals surface area contributed by atoms with Crippen LogP contribution < -0.4 is 5.32 Å². The number of nitrogens with one attached hydrogen (secondary N) is 1. The molecule has 1 unspecified atom stereocenters. The molecule has 21 heavy (non-hydrogen) atoms. The molecule has 3 aromatic rings. The molecular weight excluding hydrogens is 278 g/mol. The molecule has 2 heterocycles. The highest BCUT2D eigenvalue weighted by atomic mass is 32.1. The van der Waals surface area contributed by atoms with Crippen LogP contribution in [0.15, 0.2) is 36.5 Å². The van der Waals surface area contributed by atoms with Gasteiger partial charge in [0.1, 0.15) is 0 Å². The minimum absolute atomic E-state index is 0.308. The van der Waals surface area contributed by atoms with Gasteiger partial charge in [-0.1, -0.05) is 18.2 Å². The molecular formula is C17H19N3S. The molecule has 2 aromatic heterocycles. The van der Waals surface area contributed by atoms with Gasteiger partial charge in [0.2, 0.25) is 0 Å². The zero-order valence-electron chi connectivity index (χ0n) is 12.6. The minimum atomic E-state index is 0.308. The Kier molecular flexibility index (Phi) is 3.99. The van der Waals surface area contributed by atoms with Crippen molar-refractivity contribution in [2.24, 2.45) is 0 Å². The summed E-state index contributed by atoms with van der Waals surface area (Å²) < 4.78 is 0. The van der Waals surface area contributed by atoms with Crippen LogP contribution >= 0.6 is 11.3 Å². The summed E-state index contributed by atoms with van der Waals surface area (Å²) in [5.41, 5.74) is 3.47. The first-order valence-corrected chi connectivity index (χ1v) is 7.96. The Labute approximate surface area is 129 Å². The lowest BCUT2D eigenvalue weighted by Crippen LogP contribution is -2.18. The van der Waals surface area contributed by atoms with E-state index < -0.39 is 0 Å². The summed E-state index contributed by atoms with van der Waals surface area (Å²) in [7, 11) is 0. The van der Waals surface area contributed by atoms with Gasteiger partial charge in [-0.15, -0.1) is 11.3 Å². The van der Waals surface area contributed by atoms with Crippen molar-refractivity contribution in [3.8, 4) is 0 Å². The maximum atomic E-state index is 4.51. The van der Waals surface area contributed by atoms with E-state index in [2.05, 4.69) is 60.3 Å². The number of aromatic nitrogens is 2. The van der Waals surface area contributed by atoms with Gasteiger partial charge >= 0.3 is 0 Å².